The number of rotatable bonds is 3. The molecule has 108 valence electrons. The monoisotopic (exact) mass is 373 g/mol. The molecule has 1 aromatic carbocycles. The van der Waals surface area contributed by atoms with Crippen molar-refractivity contribution in [3.8, 4) is 0 Å². The van der Waals surface area contributed by atoms with E-state index in [1.165, 1.54) is 12.3 Å². The minimum Gasteiger partial charge on any atom is -0.321 e. The Morgan fingerprint density at radius 2 is 2.14 bits per heavy atom. The van der Waals surface area contributed by atoms with Crippen LogP contribution in [0.15, 0.2) is 34.9 Å². The summed E-state index contributed by atoms with van der Waals surface area (Å²) < 4.78 is 13.7. The molecule has 0 saturated carbocycles. The number of hydrogen-bond acceptors (Lipinski definition) is 4. The fourth-order valence-corrected chi connectivity index (χ4v) is 1.94. The van der Waals surface area contributed by atoms with Crippen LogP contribution in [0.2, 0.25) is 5.15 Å². The maximum atomic E-state index is 13.2. The van der Waals surface area contributed by atoms with Gasteiger partial charge in [-0.1, -0.05) is 11.6 Å². The average molecular weight is 375 g/mol. The van der Waals surface area contributed by atoms with Crippen LogP contribution in [-0.2, 0) is 0 Å². The third-order valence-corrected chi connectivity index (χ3v) is 3.59. The summed E-state index contributed by atoms with van der Waals surface area (Å²) in [4.78, 5) is 25.5. The largest absolute Gasteiger partial charge is 0.321 e. The van der Waals surface area contributed by atoms with E-state index in [-0.39, 0.29) is 10.7 Å². The van der Waals surface area contributed by atoms with Gasteiger partial charge < -0.3 is 5.32 Å². The average Bonchev–Trinajstić information content (AvgIpc) is 2.43. The van der Waals surface area contributed by atoms with Gasteiger partial charge in [0, 0.05) is 11.6 Å². The molecule has 0 aliphatic heterocycles. The van der Waals surface area contributed by atoms with Crippen molar-refractivity contribution in [1.29, 1.82) is 0 Å². The standard InChI is InChI=1S/C12H6BrClFN3O3/c13-8-4-7(5-16-11(8)14)17-12(19)6-1-2-9(15)10(3-6)18(20)21/h1-5H,(H,17,19). The summed E-state index contributed by atoms with van der Waals surface area (Å²) in [5, 5.41) is 13.3. The zero-order chi connectivity index (χ0) is 15.6. The molecule has 1 heterocycles. The molecule has 9 heteroatoms. The maximum absolute atomic E-state index is 13.2. The van der Waals surface area contributed by atoms with Crippen molar-refractivity contribution in [1.82, 2.24) is 4.98 Å². The SMILES string of the molecule is O=C(Nc1cnc(Cl)c(Br)c1)c1ccc(F)c([N+](=O)[O-])c1. The number of benzene rings is 1. The molecule has 6 nitrogen and oxygen atoms in total. The fraction of sp³-hybridized carbons (Fsp3) is 0. The predicted octanol–water partition coefficient (Wildman–Crippen LogP) is 3.80. The van der Waals surface area contributed by atoms with Crippen LogP contribution in [0, 0.1) is 15.9 Å². The van der Waals surface area contributed by atoms with Gasteiger partial charge in [-0.15, -0.1) is 0 Å². The Hall–Kier alpha value is -2.06. The molecule has 1 amide bonds. The lowest BCUT2D eigenvalue weighted by molar-refractivity contribution is -0.387. The summed E-state index contributed by atoms with van der Waals surface area (Å²) >= 11 is 8.87. The number of carbonyl (C=O) groups is 1. The molecular weight excluding hydrogens is 369 g/mol. The van der Waals surface area contributed by atoms with Crippen molar-refractivity contribution < 1.29 is 14.1 Å². The van der Waals surface area contributed by atoms with Crippen LogP contribution in [0.5, 0.6) is 0 Å². The zero-order valence-corrected chi connectivity index (χ0v) is 12.5. The summed E-state index contributed by atoms with van der Waals surface area (Å²) in [6.45, 7) is 0. The Kier molecular flexibility index (Phi) is 4.49. The molecule has 0 fully saturated rings. The summed E-state index contributed by atoms with van der Waals surface area (Å²) in [6.07, 6.45) is 1.32. The molecule has 21 heavy (non-hydrogen) atoms. The predicted molar refractivity (Wildman–Crippen MR) is 78.0 cm³/mol. The van der Waals surface area contributed by atoms with E-state index in [2.05, 4.69) is 26.2 Å². The van der Waals surface area contributed by atoms with Gasteiger partial charge in [-0.05, 0) is 34.1 Å². The molecule has 0 bridgehead atoms. The van der Waals surface area contributed by atoms with Crippen LogP contribution in [-0.4, -0.2) is 15.8 Å². The molecule has 0 spiro atoms. The van der Waals surface area contributed by atoms with Gasteiger partial charge in [-0.3, -0.25) is 14.9 Å². The normalized spacial score (nSPS) is 10.2. The number of anilines is 1. The van der Waals surface area contributed by atoms with Gasteiger partial charge in [0.1, 0.15) is 5.15 Å². The third kappa shape index (κ3) is 3.53. The third-order valence-electron chi connectivity index (χ3n) is 2.46. The van der Waals surface area contributed by atoms with E-state index >= 15 is 0 Å². The summed E-state index contributed by atoms with van der Waals surface area (Å²) in [7, 11) is 0. The van der Waals surface area contributed by atoms with Crippen molar-refractivity contribution in [2.75, 3.05) is 5.32 Å². The van der Waals surface area contributed by atoms with Gasteiger partial charge in [-0.25, -0.2) is 4.98 Å². The summed E-state index contributed by atoms with van der Waals surface area (Å²) in [5.74, 6) is -1.64. The second kappa shape index (κ2) is 6.15. The number of nitrogens with one attached hydrogen (secondary N) is 1. The van der Waals surface area contributed by atoms with Crippen molar-refractivity contribution >= 4 is 44.8 Å². The number of carbonyl (C=O) groups excluding carboxylic acids is 1. The number of hydrogen-bond donors (Lipinski definition) is 1. The summed E-state index contributed by atoms with van der Waals surface area (Å²) in [5.41, 5.74) is -0.476. The van der Waals surface area contributed by atoms with E-state index in [0.29, 0.717) is 10.2 Å². The minimum absolute atomic E-state index is 0.0471. The first-order chi connectivity index (χ1) is 9.88. The Bertz CT molecular complexity index is 742. The first-order valence-electron chi connectivity index (χ1n) is 5.45. The first-order valence-corrected chi connectivity index (χ1v) is 6.62. The number of nitro groups is 1. The van der Waals surface area contributed by atoms with Crippen LogP contribution in [0.1, 0.15) is 10.4 Å². The lowest BCUT2D eigenvalue weighted by Gasteiger charge is -2.06. The van der Waals surface area contributed by atoms with Gasteiger partial charge >= 0.3 is 5.69 Å². The first kappa shape index (κ1) is 15.3. The minimum atomic E-state index is -1.01. The van der Waals surface area contributed by atoms with E-state index in [0.717, 1.165) is 18.2 Å². The molecule has 2 rings (SSSR count). The van der Waals surface area contributed by atoms with E-state index in [9.17, 15) is 19.3 Å². The number of nitrogens with zero attached hydrogens (tertiary/aromatic N) is 2. The molecule has 0 aliphatic carbocycles. The highest BCUT2D eigenvalue weighted by Gasteiger charge is 2.17. The van der Waals surface area contributed by atoms with Gasteiger partial charge in [0.05, 0.1) is 21.3 Å². The van der Waals surface area contributed by atoms with Gasteiger partial charge in [0.25, 0.3) is 5.91 Å². The van der Waals surface area contributed by atoms with Crippen molar-refractivity contribution in [3.05, 3.63) is 61.6 Å². The Labute approximate surface area is 131 Å². The van der Waals surface area contributed by atoms with Crippen LogP contribution in [0.3, 0.4) is 0 Å². The second-order valence-corrected chi connectivity index (χ2v) is 5.09. The van der Waals surface area contributed by atoms with Crippen LogP contribution in [0.4, 0.5) is 15.8 Å². The summed E-state index contributed by atoms with van der Waals surface area (Å²) in [6, 6.07) is 4.40. The van der Waals surface area contributed by atoms with E-state index in [1.807, 2.05) is 0 Å². The molecule has 2 aromatic rings. The highest BCUT2D eigenvalue weighted by molar-refractivity contribution is 9.10. The molecule has 0 unspecified atom stereocenters. The van der Waals surface area contributed by atoms with Crippen molar-refractivity contribution in [2.24, 2.45) is 0 Å². The molecule has 0 radical (unpaired) electrons. The van der Waals surface area contributed by atoms with E-state index < -0.39 is 22.3 Å². The molecular formula is C12H6BrClFN3O3. The lowest BCUT2D eigenvalue weighted by atomic mass is 10.2. The quantitative estimate of drug-likeness (QED) is 0.503. The van der Waals surface area contributed by atoms with Crippen molar-refractivity contribution in [3.63, 3.8) is 0 Å². The number of aromatic nitrogens is 1. The smallest absolute Gasteiger partial charge is 0.305 e. The van der Waals surface area contributed by atoms with Gasteiger partial charge in [-0.2, -0.15) is 4.39 Å². The van der Waals surface area contributed by atoms with E-state index in [1.54, 1.807) is 0 Å². The molecule has 0 atom stereocenters. The lowest BCUT2D eigenvalue weighted by Crippen LogP contribution is -2.12. The molecule has 0 aliphatic rings. The molecule has 1 N–H and O–H groups in total. The van der Waals surface area contributed by atoms with E-state index in [4.69, 9.17) is 11.6 Å². The number of pyridine rings is 1. The van der Waals surface area contributed by atoms with Crippen molar-refractivity contribution in [2.45, 2.75) is 0 Å². The van der Waals surface area contributed by atoms with Crippen LogP contribution < -0.4 is 5.32 Å². The number of nitro benzene ring substituents is 1. The Morgan fingerprint density at radius 3 is 2.76 bits per heavy atom. The Balaban J connectivity index is 2.26. The number of halogens is 3. The van der Waals surface area contributed by atoms with Gasteiger partial charge in [0.15, 0.2) is 0 Å². The highest BCUT2D eigenvalue weighted by Crippen LogP contribution is 2.24. The number of amides is 1. The molecule has 0 saturated heterocycles. The maximum Gasteiger partial charge on any atom is 0.305 e. The second-order valence-electron chi connectivity index (χ2n) is 3.87. The fourth-order valence-electron chi connectivity index (χ4n) is 1.49. The Morgan fingerprint density at radius 1 is 1.43 bits per heavy atom. The highest BCUT2D eigenvalue weighted by atomic mass is 79.9. The molecule has 1 aromatic heterocycles. The topological polar surface area (TPSA) is 85.1 Å². The zero-order valence-electron chi connectivity index (χ0n) is 10.1. The van der Waals surface area contributed by atoms with Crippen LogP contribution >= 0.6 is 27.5 Å². The van der Waals surface area contributed by atoms with Gasteiger partial charge in [0.2, 0.25) is 5.82 Å². The van der Waals surface area contributed by atoms with Crippen LogP contribution in [0.25, 0.3) is 0 Å².